The zero-order valence-corrected chi connectivity index (χ0v) is 12.1. The van der Waals surface area contributed by atoms with Crippen LogP contribution in [0.25, 0.3) is 22.5 Å². The quantitative estimate of drug-likeness (QED) is 0.722. The predicted octanol–water partition coefficient (Wildman–Crippen LogP) is 4.81. The normalized spacial score (nSPS) is 10.6. The van der Waals surface area contributed by atoms with E-state index in [0.29, 0.717) is 0 Å². The summed E-state index contributed by atoms with van der Waals surface area (Å²) in [5, 5.41) is 7.49. The summed E-state index contributed by atoms with van der Waals surface area (Å²) < 4.78 is 1.05. The molecular weight excluding hydrogens is 300 g/mol. The molecule has 94 valence electrons. The summed E-state index contributed by atoms with van der Waals surface area (Å²) in [7, 11) is 0. The second kappa shape index (κ2) is 5.02. The standard InChI is InChI=1S/C16H13BrN2/c1-11-6-8-12(9-7-11)15-10-16(19-18-15)13-4-2-3-5-14(13)17/h2-10H,1H3,(H,18,19). The minimum Gasteiger partial charge on any atom is -0.277 e. The second-order valence-corrected chi connectivity index (χ2v) is 5.37. The lowest BCUT2D eigenvalue weighted by atomic mass is 10.1. The van der Waals surface area contributed by atoms with Gasteiger partial charge in [0.2, 0.25) is 0 Å². The fraction of sp³-hybridized carbons (Fsp3) is 0.0625. The minimum atomic E-state index is 0.947. The Balaban J connectivity index is 2.00. The first-order valence-corrected chi connectivity index (χ1v) is 6.91. The number of aromatic amines is 1. The van der Waals surface area contributed by atoms with Crippen LogP contribution in [0, 0.1) is 6.92 Å². The second-order valence-electron chi connectivity index (χ2n) is 4.51. The lowest BCUT2D eigenvalue weighted by molar-refractivity contribution is 1.10. The van der Waals surface area contributed by atoms with E-state index in [4.69, 9.17) is 0 Å². The van der Waals surface area contributed by atoms with Gasteiger partial charge >= 0.3 is 0 Å². The molecule has 0 unspecified atom stereocenters. The molecule has 0 aliphatic rings. The average molecular weight is 313 g/mol. The van der Waals surface area contributed by atoms with E-state index < -0.39 is 0 Å². The Morgan fingerprint density at radius 2 is 1.74 bits per heavy atom. The number of nitrogens with one attached hydrogen (secondary N) is 1. The Kier molecular flexibility index (Phi) is 3.22. The highest BCUT2D eigenvalue weighted by Crippen LogP contribution is 2.29. The molecule has 0 saturated heterocycles. The van der Waals surface area contributed by atoms with Gasteiger partial charge in [-0.15, -0.1) is 0 Å². The molecule has 0 saturated carbocycles. The van der Waals surface area contributed by atoms with Crippen molar-refractivity contribution < 1.29 is 0 Å². The summed E-state index contributed by atoms with van der Waals surface area (Å²) in [6, 6.07) is 18.6. The van der Waals surface area contributed by atoms with Crippen molar-refractivity contribution in [2.45, 2.75) is 6.92 Å². The third kappa shape index (κ3) is 2.47. The maximum absolute atomic E-state index is 4.39. The molecule has 3 aromatic rings. The summed E-state index contributed by atoms with van der Waals surface area (Å²) in [5.74, 6) is 0. The molecule has 0 atom stereocenters. The number of nitrogens with zero attached hydrogens (tertiary/aromatic N) is 1. The van der Waals surface area contributed by atoms with E-state index in [2.05, 4.69) is 69.4 Å². The molecule has 0 radical (unpaired) electrons. The lowest BCUT2D eigenvalue weighted by Crippen LogP contribution is -1.78. The summed E-state index contributed by atoms with van der Waals surface area (Å²) in [4.78, 5) is 0. The van der Waals surface area contributed by atoms with E-state index in [0.717, 1.165) is 27.0 Å². The van der Waals surface area contributed by atoms with Crippen LogP contribution in [0.3, 0.4) is 0 Å². The van der Waals surface area contributed by atoms with E-state index in [1.807, 2.05) is 18.2 Å². The van der Waals surface area contributed by atoms with Crippen molar-refractivity contribution in [3.05, 3.63) is 64.6 Å². The van der Waals surface area contributed by atoms with Crippen LogP contribution in [-0.2, 0) is 0 Å². The molecule has 19 heavy (non-hydrogen) atoms. The van der Waals surface area contributed by atoms with Crippen LogP contribution < -0.4 is 0 Å². The van der Waals surface area contributed by atoms with Crippen LogP contribution in [0.2, 0.25) is 0 Å². The van der Waals surface area contributed by atoms with Gasteiger partial charge in [-0.1, -0.05) is 64.0 Å². The number of rotatable bonds is 2. The van der Waals surface area contributed by atoms with Gasteiger partial charge in [-0.05, 0) is 24.6 Å². The summed E-state index contributed by atoms with van der Waals surface area (Å²) in [6.07, 6.45) is 0. The van der Waals surface area contributed by atoms with Gasteiger partial charge in [0.25, 0.3) is 0 Å². The van der Waals surface area contributed by atoms with E-state index >= 15 is 0 Å². The molecule has 0 bridgehead atoms. The van der Waals surface area contributed by atoms with Gasteiger partial charge in [-0.3, -0.25) is 5.10 Å². The first-order valence-electron chi connectivity index (χ1n) is 6.11. The van der Waals surface area contributed by atoms with Gasteiger partial charge in [0, 0.05) is 10.0 Å². The van der Waals surface area contributed by atoms with Crippen LogP contribution in [-0.4, -0.2) is 10.2 Å². The van der Waals surface area contributed by atoms with Crippen LogP contribution >= 0.6 is 15.9 Å². The van der Waals surface area contributed by atoms with Gasteiger partial charge in [0.15, 0.2) is 0 Å². The van der Waals surface area contributed by atoms with Crippen molar-refractivity contribution in [2.24, 2.45) is 0 Å². The van der Waals surface area contributed by atoms with Crippen molar-refractivity contribution in [1.29, 1.82) is 0 Å². The van der Waals surface area contributed by atoms with E-state index in [-0.39, 0.29) is 0 Å². The van der Waals surface area contributed by atoms with Crippen LogP contribution in [0.1, 0.15) is 5.56 Å². The van der Waals surface area contributed by atoms with Crippen LogP contribution in [0.4, 0.5) is 0 Å². The highest BCUT2D eigenvalue weighted by molar-refractivity contribution is 9.10. The predicted molar refractivity (Wildman–Crippen MR) is 81.9 cm³/mol. The van der Waals surface area contributed by atoms with Crippen molar-refractivity contribution in [1.82, 2.24) is 10.2 Å². The Hall–Kier alpha value is -1.87. The van der Waals surface area contributed by atoms with Crippen molar-refractivity contribution >= 4 is 15.9 Å². The Morgan fingerprint density at radius 1 is 1.00 bits per heavy atom. The van der Waals surface area contributed by atoms with E-state index in [9.17, 15) is 0 Å². The van der Waals surface area contributed by atoms with Gasteiger partial charge in [0.1, 0.15) is 0 Å². The molecule has 0 fully saturated rings. The van der Waals surface area contributed by atoms with Crippen molar-refractivity contribution in [3.8, 4) is 22.5 Å². The van der Waals surface area contributed by atoms with E-state index in [1.165, 1.54) is 5.56 Å². The SMILES string of the molecule is Cc1ccc(-c2cc(-c3ccccc3Br)n[nH]2)cc1. The number of hydrogen-bond donors (Lipinski definition) is 1. The average Bonchev–Trinajstić information content (AvgIpc) is 2.89. The highest BCUT2D eigenvalue weighted by atomic mass is 79.9. The van der Waals surface area contributed by atoms with Gasteiger partial charge in [-0.2, -0.15) is 5.10 Å². The van der Waals surface area contributed by atoms with Gasteiger partial charge < -0.3 is 0 Å². The number of halogens is 1. The third-order valence-electron chi connectivity index (χ3n) is 3.09. The Bertz CT molecular complexity index is 699. The maximum atomic E-state index is 4.39. The summed E-state index contributed by atoms with van der Waals surface area (Å²) in [5.41, 5.74) is 5.48. The molecule has 2 aromatic carbocycles. The summed E-state index contributed by atoms with van der Waals surface area (Å²) in [6.45, 7) is 2.09. The molecule has 0 aliphatic heterocycles. The van der Waals surface area contributed by atoms with Crippen LogP contribution in [0.15, 0.2) is 59.1 Å². The molecule has 0 spiro atoms. The fourth-order valence-electron chi connectivity index (χ4n) is 2.01. The molecule has 2 nitrogen and oxygen atoms in total. The molecule has 3 heteroatoms. The molecular formula is C16H13BrN2. The number of aryl methyl sites for hydroxylation is 1. The molecule has 1 heterocycles. The van der Waals surface area contributed by atoms with E-state index in [1.54, 1.807) is 0 Å². The zero-order chi connectivity index (χ0) is 13.2. The lowest BCUT2D eigenvalue weighted by Gasteiger charge is -1.99. The Labute approximate surface area is 120 Å². The first kappa shape index (κ1) is 12.2. The topological polar surface area (TPSA) is 28.7 Å². The zero-order valence-electron chi connectivity index (χ0n) is 10.5. The third-order valence-corrected chi connectivity index (χ3v) is 3.78. The number of benzene rings is 2. The van der Waals surface area contributed by atoms with Crippen LogP contribution in [0.5, 0.6) is 0 Å². The first-order chi connectivity index (χ1) is 9.24. The molecule has 3 rings (SSSR count). The summed E-state index contributed by atoms with van der Waals surface area (Å²) >= 11 is 3.55. The van der Waals surface area contributed by atoms with Gasteiger partial charge in [-0.25, -0.2) is 0 Å². The molecule has 0 aliphatic carbocycles. The fourth-order valence-corrected chi connectivity index (χ4v) is 2.50. The van der Waals surface area contributed by atoms with Crippen molar-refractivity contribution in [2.75, 3.05) is 0 Å². The largest absolute Gasteiger partial charge is 0.277 e. The molecule has 1 N–H and O–H groups in total. The van der Waals surface area contributed by atoms with Gasteiger partial charge in [0.05, 0.1) is 11.4 Å². The molecule has 1 aromatic heterocycles. The number of hydrogen-bond acceptors (Lipinski definition) is 1. The number of aromatic nitrogens is 2. The smallest absolute Gasteiger partial charge is 0.0938 e. The Morgan fingerprint density at radius 3 is 2.47 bits per heavy atom. The minimum absolute atomic E-state index is 0.947. The number of H-pyrrole nitrogens is 1. The molecule has 0 amide bonds. The highest BCUT2D eigenvalue weighted by Gasteiger charge is 2.08. The maximum Gasteiger partial charge on any atom is 0.0938 e. The van der Waals surface area contributed by atoms with Crippen molar-refractivity contribution in [3.63, 3.8) is 0 Å². The monoisotopic (exact) mass is 312 g/mol.